The van der Waals surface area contributed by atoms with Crippen molar-refractivity contribution in [1.82, 2.24) is 21.3 Å². The fourth-order valence-corrected chi connectivity index (χ4v) is 3.67. The Hall–Kier alpha value is -2.65. The number of hydrogen-bond acceptors (Lipinski definition) is 6. The van der Waals surface area contributed by atoms with E-state index in [0.717, 1.165) is 0 Å². The molecule has 10 heteroatoms. The molecule has 0 saturated carbocycles. The Morgan fingerprint density at radius 3 is 0.950 bits per heavy atom. The van der Waals surface area contributed by atoms with Gasteiger partial charge in [0.2, 0.25) is 23.6 Å². The van der Waals surface area contributed by atoms with Gasteiger partial charge in [0.05, 0.1) is 0 Å². The topological polar surface area (TPSA) is 143 Å². The van der Waals surface area contributed by atoms with Crippen molar-refractivity contribution in [2.45, 2.75) is 139 Å². The van der Waals surface area contributed by atoms with E-state index in [9.17, 15) is 24.0 Å². The third-order valence-corrected chi connectivity index (χ3v) is 8.41. The maximum atomic E-state index is 13.9. The van der Waals surface area contributed by atoms with Crippen LogP contribution in [0.15, 0.2) is 0 Å². The van der Waals surface area contributed by atoms with Crippen LogP contribution < -0.4 is 21.3 Å². The van der Waals surface area contributed by atoms with E-state index in [1.54, 1.807) is 90.0 Å². The normalized spacial score (nSPS) is 18.2. The number of esters is 1. The molecule has 0 aromatic heterocycles. The van der Waals surface area contributed by atoms with Crippen molar-refractivity contribution in [3.63, 3.8) is 0 Å². The minimum Gasteiger partial charge on any atom is -0.458 e. The van der Waals surface area contributed by atoms with Crippen molar-refractivity contribution in [2.75, 3.05) is 0 Å². The van der Waals surface area contributed by atoms with Crippen LogP contribution in [0, 0.1) is 23.7 Å². The minimum atomic E-state index is -1.45. The lowest BCUT2D eigenvalue weighted by Crippen LogP contribution is -2.72. The molecule has 0 unspecified atom stereocenters. The molecule has 10 nitrogen and oxygen atoms in total. The average molecular weight is 569 g/mol. The first-order valence-electron chi connectivity index (χ1n) is 14.2. The summed E-state index contributed by atoms with van der Waals surface area (Å²) in [5.41, 5.74) is -6.28. The molecule has 40 heavy (non-hydrogen) atoms. The number of ether oxygens (including phenoxy) is 1. The summed E-state index contributed by atoms with van der Waals surface area (Å²) in [5.74, 6) is -3.95. The molecule has 4 atom stereocenters. The molecule has 4 N–H and O–H groups in total. The average Bonchev–Trinajstić information content (AvgIpc) is 2.76. The lowest BCUT2D eigenvalue weighted by atomic mass is 9.80. The van der Waals surface area contributed by atoms with Gasteiger partial charge in [-0.2, -0.15) is 0 Å². The van der Waals surface area contributed by atoms with E-state index in [1.807, 2.05) is 13.8 Å². The van der Waals surface area contributed by atoms with E-state index in [4.69, 9.17) is 4.74 Å². The van der Waals surface area contributed by atoms with Crippen molar-refractivity contribution in [3.8, 4) is 0 Å². The van der Waals surface area contributed by atoms with Gasteiger partial charge >= 0.3 is 5.97 Å². The maximum absolute atomic E-state index is 13.9. The van der Waals surface area contributed by atoms with Crippen molar-refractivity contribution < 1.29 is 28.7 Å². The van der Waals surface area contributed by atoms with Gasteiger partial charge < -0.3 is 26.0 Å². The van der Waals surface area contributed by atoms with Gasteiger partial charge in [0.15, 0.2) is 0 Å². The molecule has 0 aromatic rings. The molecule has 0 saturated heterocycles. The lowest BCUT2D eigenvalue weighted by molar-refractivity contribution is -0.167. The number of nitrogens with one attached hydrogen (secondary N) is 4. The lowest BCUT2D eigenvalue weighted by Gasteiger charge is -2.43. The van der Waals surface area contributed by atoms with Crippen LogP contribution in [0.2, 0.25) is 0 Å². The Labute approximate surface area is 241 Å². The summed E-state index contributed by atoms with van der Waals surface area (Å²) in [4.78, 5) is 66.3. The number of hydrogen-bond donors (Lipinski definition) is 4. The quantitative estimate of drug-likeness (QED) is 0.266. The van der Waals surface area contributed by atoms with Crippen molar-refractivity contribution in [1.29, 1.82) is 0 Å². The van der Waals surface area contributed by atoms with Gasteiger partial charge in [-0.1, -0.05) is 55.4 Å². The SMILES string of the molecule is CC(=O)N[C@](C)(C(=O)N[C@](C)(C(=O)N[C@](C)(C(=O)N[C@](C)(C(=O)OC(C)(C)C)C(C)C)C(C)C)C(C)C)C(C)C. The molecule has 0 aliphatic rings. The summed E-state index contributed by atoms with van der Waals surface area (Å²) in [6.07, 6.45) is 0. The van der Waals surface area contributed by atoms with Gasteiger partial charge in [-0.05, 0) is 72.1 Å². The Balaban J connectivity index is 6.41. The third-order valence-electron chi connectivity index (χ3n) is 8.41. The standard InChI is InChI=1S/C30H56N4O6/c1-17(2)27(13,31-21(9)35)22(36)32-28(14,18(3)4)23(37)33-29(15,19(5)6)24(38)34-30(16,20(7)8)25(39)40-26(10,11)12/h17-20H,1-16H3,(H,31,35)(H,32,36)(H,33,37)(H,34,38)/t27-,28-,29-,30-/m0/s1. The van der Waals surface area contributed by atoms with E-state index in [2.05, 4.69) is 21.3 Å². The molecule has 0 aliphatic heterocycles. The molecule has 0 heterocycles. The number of carbonyl (C=O) groups is 5. The summed E-state index contributed by atoms with van der Waals surface area (Å²) in [7, 11) is 0. The van der Waals surface area contributed by atoms with Gasteiger partial charge in [0.1, 0.15) is 27.8 Å². The first-order valence-corrected chi connectivity index (χ1v) is 14.2. The van der Waals surface area contributed by atoms with Crippen LogP contribution in [0.4, 0.5) is 0 Å². The molecular weight excluding hydrogens is 512 g/mol. The van der Waals surface area contributed by atoms with E-state index in [-0.39, 0.29) is 29.6 Å². The van der Waals surface area contributed by atoms with Crippen LogP contribution >= 0.6 is 0 Å². The second kappa shape index (κ2) is 12.9. The Morgan fingerprint density at radius 2 is 0.725 bits per heavy atom. The number of rotatable bonds is 12. The summed E-state index contributed by atoms with van der Waals surface area (Å²) in [5, 5.41) is 11.3. The zero-order chi connectivity index (χ0) is 32.2. The fourth-order valence-electron chi connectivity index (χ4n) is 3.67. The summed E-state index contributed by atoms with van der Waals surface area (Å²) in [6, 6.07) is 0. The van der Waals surface area contributed by atoms with Crippen LogP contribution in [-0.4, -0.2) is 57.4 Å². The summed E-state index contributed by atoms with van der Waals surface area (Å²) >= 11 is 0. The molecule has 0 rings (SSSR count). The van der Waals surface area contributed by atoms with Crippen LogP contribution in [0.25, 0.3) is 0 Å². The Kier molecular flexibility index (Phi) is 12.0. The minimum absolute atomic E-state index is 0.274. The predicted octanol–water partition coefficient (Wildman–Crippen LogP) is 3.47. The molecule has 0 bridgehead atoms. The monoisotopic (exact) mass is 568 g/mol. The zero-order valence-corrected chi connectivity index (χ0v) is 27.8. The molecule has 0 aromatic carbocycles. The van der Waals surface area contributed by atoms with E-state index in [1.165, 1.54) is 6.92 Å². The molecule has 4 amide bonds. The molecular formula is C30H56N4O6. The highest BCUT2D eigenvalue weighted by atomic mass is 16.6. The Bertz CT molecular complexity index is 970. The van der Waals surface area contributed by atoms with Crippen molar-refractivity contribution in [3.05, 3.63) is 0 Å². The van der Waals surface area contributed by atoms with Gasteiger partial charge in [0.25, 0.3) is 0 Å². The van der Waals surface area contributed by atoms with Crippen molar-refractivity contribution >= 4 is 29.6 Å². The fraction of sp³-hybridized carbons (Fsp3) is 0.833. The highest BCUT2D eigenvalue weighted by molar-refractivity contribution is 6.00. The highest BCUT2D eigenvalue weighted by Gasteiger charge is 2.50. The first kappa shape index (κ1) is 37.4. The van der Waals surface area contributed by atoms with Gasteiger partial charge in [-0.25, -0.2) is 4.79 Å². The van der Waals surface area contributed by atoms with E-state index < -0.39 is 51.4 Å². The van der Waals surface area contributed by atoms with E-state index >= 15 is 0 Å². The molecule has 0 radical (unpaired) electrons. The van der Waals surface area contributed by atoms with Crippen LogP contribution in [0.1, 0.15) is 111 Å². The second-order valence-corrected chi connectivity index (χ2v) is 14.0. The van der Waals surface area contributed by atoms with Crippen LogP contribution in [-0.2, 0) is 28.7 Å². The van der Waals surface area contributed by atoms with E-state index in [0.29, 0.717) is 0 Å². The van der Waals surface area contributed by atoms with Crippen molar-refractivity contribution in [2.24, 2.45) is 23.7 Å². The van der Waals surface area contributed by atoms with Gasteiger partial charge in [0, 0.05) is 6.92 Å². The zero-order valence-electron chi connectivity index (χ0n) is 27.8. The molecule has 0 fully saturated rings. The molecule has 0 spiro atoms. The van der Waals surface area contributed by atoms with Crippen LogP contribution in [0.5, 0.6) is 0 Å². The largest absolute Gasteiger partial charge is 0.458 e. The first-order chi connectivity index (χ1) is 17.7. The summed E-state index contributed by atoms with van der Waals surface area (Å²) < 4.78 is 5.61. The van der Waals surface area contributed by atoms with Gasteiger partial charge in [-0.3, -0.25) is 19.2 Å². The Morgan fingerprint density at radius 1 is 0.475 bits per heavy atom. The second-order valence-electron chi connectivity index (χ2n) is 14.0. The summed E-state index contributed by atoms with van der Waals surface area (Å²) in [6.45, 7) is 27.4. The van der Waals surface area contributed by atoms with Crippen LogP contribution in [0.3, 0.4) is 0 Å². The molecule has 0 aliphatic carbocycles. The van der Waals surface area contributed by atoms with Gasteiger partial charge in [-0.15, -0.1) is 0 Å². The molecule has 232 valence electrons. The third kappa shape index (κ3) is 8.43. The highest BCUT2D eigenvalue weighted by Crippen LogP contribution is 2.28. The number of carbonyl (C=O) groups excluding carboxylic acids is 5. The predicted molar refractivity (Wildman–Crippen MR) is 157 cm³/mol. The smallest absolute Gasteiger partial charge is 0.332 e. The number of amides is 4. The maximum Gasteiger partial charge on any atom is 0.332 e.